The maximum atomic E-state index is 4.04. The van der Waals surface area contributed by atoms with Gasteiger partial charge in [0.25, 0.3) is 0 Å². The second-order valence-electron chi connectivity index (χ2n) is 1.68. The Morgan fingerprint density at radius 1 is 1.67 bits per heavy atom. The smallest absolute Gasteiger partial charge is 0.0640 e. The highest BCUT2D eigenvalue weighted by Gasteiger charge is 1.88. The van der Waals surface area contributed by atoms with Crippen LogP contribution in [0.2, 0.25) is 0 Å². The first-order valence-corrected chi connectivity index (χ1v) is 3.25. The van der Waals surface area contributed by atoms with Gasteiger partial charge in [-0.2, -0.15) is 0 Å². The summed E-state index contributed by atoms with van der Waals surface area (Å²) in [6.45, 7) is 3.64. The third kappa shape index (κ3) is 1.36. The molecule has 2 heteroatoms. The fourth-order valence-corrected chi connectivity index (χ4v) is 0.903. The summed E-state index contributed by atoms with van der Waals surface area (Å²) in [5, 5.41) is 0. The highest BCUT2D eigenvalue weighted by molar-refractivity contribution is 7.27. The summed E-state index contributed by atoms with van der Waals surface area (Å²) in [6.07, 6.45) is 3.55. The van der Waals surface area contributed by atoms with E-state index in [1.807, 2.05) is 12.1 Å². The number of pyridine rings is 1. The largest absolute Gasteiger partial charge is 0.256 e. The van der Waals surface area contributed by atoms with Crippen molar-refractivity contribution in [1.82, 2.24) is 4.98 Å². The van der Waals surface area contributed by atoms with E-state index >= 15 is 0 Å². The molecule has 0 bridgehead atoms. The van der Waals surface area contributed by atoms with Crippen LogP contribution in [0.4, 0.5) is 0 Å². The van der Waals surface area contributed by atoms with Crippen molar-refractivity contribution in [2.24, 2.45) is 0 Å². The van der Waals surface area contributed by atoms with Crippen molar-refractivity contribution in [3.8, 4) is 0 Å². The molecule has 1 atom stereocenters. The van der Waals surface area contributed by atoms with Crippen LogP contribution in [-0.4, -0.2) is 4.98 Å². The zero-order valence-electron chi connectivity index (χ0n) is 5.04. The zero-order chi connectivity index (χ0) is 6.69. The average Bonchev–Trinajstić information content (AvgIpc) is 1.89. The summed E-state index contributed by atoms with van der Waals surface area (Å²) < 4.78 is 0. The zero-order valence-corrected chi connectivity index (χ0v) is 6.20. The van der Waals surface area contributed by atoms with Crippen LogP contribution in [-0.2, 0) is 0 Å². The molecule has 0 aliphatic heterocycles. The molecule has 46 valence electrons. The van der Waals surface area contributed by atoms with Crippen molar-refractivity contribution in [1.29, 1.82) is 0 Å². The number of nitrogens with zero attached hydrogens (tertiary/aromatic N) is 1. The van der Waals surface area contributed by atoms with Gasteiger partial charge in [0.2, 0.25) is 0 Å². The molecule has 0 aliphatic rings. The number of hydrogen-bond donors (Lipinski definition) is 0. The van der Waals surface area contributed by atoms with E-state index in [9.17, 15) is 0 Å². The maximum absolute atomic E-state index is 4.04. The average molecular weight is 137 g/mol. The SMILES string of the molecule is C=Cc1cccnc1P. The molecule has 9 heavy (non-hydrogen) atoms. The number of aromatic nitrogens is 1. The van der Waals surface area contributed by atoms with Gasteiger partial charge in [-0.05, 0) is 11.6 Å². The maximum Gasteiger partial charge on any atom is 0.0640 e. The van der Waals surface area contributed by atoms with Crippen LogP contribution in [0.3, 0.4) is 0 Å². The van der Waals surface area contributed by atoms with Crippen molar-refractivity contribution in [3.05, 3.63) is 30.5 Å². The van der Waals surface area contributed by atoms with Crippen LogP contribution in [0.15, 0.2) is 24.9 Å². The van der Waals surface area contributed by atoms with Gasteiger partial charge < -0.3 is 0 Å². The van der Waals surface area contributed by atoms with Gasteiger partial charge in [0.05, 0.1) is 5.44 Å². The second kappa shape index (κ2) is 2.75. The Labute approximate surface area is 57.0 Å². The summed E-state index contributed by atoms with van der Waals surface area (Å²) in [5.41, 5.74) is 2.02. The van der Waals surface area contributed by atoms with Crippen molar-refractivity contribution in [3.63, 3.8) is 0 Å². The molecule has 0 saturated carbocycles. The van der Waals surface area contributed by atoms with Gasteiger partial charge >= 0.3 is 0 Å². The highest BCUT2D eigenvalue weighted by atomic mass is 31.0. The molecule has 0 N–H and O–H groups in total. The van der Waals surface area contributed by atoms with Crippen LogP contribution in [0.5, 0.6) is 0 Å². The summed E-state index contributed by atoms with van der Waals surface area (Å²) in [6, 6.07) is 3.87. The monoisotopic (exact) mass is 137 g/mol. The van der Waals surface area contributed by atoms with Crippen molar-refractivity contribution in [2.75, 3.05) is 0 Å². The van der Waals surface area contributed by atoms with Gasteiger partial charge in [-0.1, -0.05) is 28.0 Å². The van der Waals surface area contributed by atoms with E-state index in [0.29, 0.717) is 0 Å². The standard InChI is InChI=1S/C7H8NP/c1-2-6-4-3-5-8-7(6)9/h2-5H,1,9H2. The van der Waals surface area contributed by atoms with E-state index in [2.05, 4.69) is 20.8 Å². The molecule has 1 unspecified atom stereocenters. The molecule has 1 aromatic rings. The van der Waals surface area contributed by atoms with Crippen molar-refractivity contribution < 1.29 is 0 Å². The lowest BCUT2D eigenvalue weighted by Gasteiger charge is -1.93. The molecule has 0 radical (unpaired) electrons. The molecule has 0 fully saturated rings. The number of hydrogen-bond acceptors (Lipinski definition) is 1. The van der Waals surface area contributed by atoms with Crippen LogP contribution in [0, 0.1) is 0 Å². The van der Waals surface area contributed by atoms with E-state index in [1.54, 1.807) is 12.3 Å². The first-order valence-electron chi connectivity index (χ1n) is 2.67. The third-order valence-electron chi connectivity index (χ3n) is 1.09. The van der Waals surface area contributed by atoms with E-state index in [4.69, 9.17) is 0 Å². The molecular formula is C7H8NP. The van der Waals surface area contributed by atoms with E-state index in [0.717, 1.165) is 11.0 Å². The lowest BCUT2D eigenvalue weighted by molar-refractivity contribution is 1.38. The van der Waals surface area contributed by atoms with Gasteiger partial charge in [-0.15, -0.1) is 0 Å². The summed E-state index contributed by atoms with van der Waals surface area (Å²) in [7, 11) is 2.55. The van der Waals surface area contributed by atoms with E-state index in [-0.39, 0.29) is 0 Å². The van der Waals surface area contributed by atoms with Crippen LogP contribution in [0.25, 0.3) is 6.08 Å². The summed E-state index contributed by atoms with van der Waals surface area (Å²) in [5.74, 6) is 0. The van der Waals surface area contributed by atoms with Gasteiger partial charge in [-0.3, -0.25) is 4.98 Å². The first-order chi connectivity index (χ1) is 4.34. The molecule has 0 saturated heterocycles. The third-order valence-corrected chi connectivity index (χ3v) is 1.57. The van der Waals surface area contributed by atoms with Gasteiger partial charge in [0.15, 0.2) is 0 Å². The van der Waals surface area contributed by atoms with E-state index < -0.39 is 0 Å². The minimum absolute atomic E-state index is 0.951. The van der Waals surface area contributed by atoms with Crippen molar-refractivity contribution in [2.45, 2.75) is 0 Å². The summed E-state index contributed by atoms with van der Waals surface area (Å²) in [4.78, 5) is 4.04. The van der Waals surface area contributed by atoms with E-state index in [1.165, 1.54) is 0 Å². The molecule has 1 heterocycles. The molecule has 1 nitrogen and oxygen atoms in total. The minimum atomic E-state index is 0.951. The fraction of sp³-hybridized carbons (Fsp3) is 0. The Morgan fingerprint density at radius 3 is 2.89 bits per heavy atom. The molecule has 1 aromatic heterocycles. The second-order valence-corrected chi connectivity index (χ2v) is 2.23. The van der Waals surface area contributed by atoms with Gasteiger partial charge in [-0.25, -0.2) is 0 Å². The molecule has 0 amide bonds. The normalized spacial score (nSPS) is 9.00. The van der Waals surface area contributed by atoms with Crippen LogP contribution < -0.4 is 5.44 Å². The lowest BCUT2D eigenvalue weighted by atomic mass is 10.3. The topological polar surface area (TPSA) is 12.9 Å². The van der Waals surface area contributed by atoms with Crippen LogP contribution in [0.1, 0.15) is 5.56 Å². The molecule has 0 aliphatic carbocycles. The Morgan fingerprint density at radius 2 is 2.44 bits per heavy atom. The molecule has 0 spiro atoms. The summed E-state index contributed by atoms with van der Waals surface area (Å²) >= 11 is 0. The minimum Gasteiger partial charge on any atom is -0.256 e. The number of rotatable bonds is 1. The van der Waals surface area contributed by atoms with Gasteiger partial charge in [0.1, 0.15) is 0 Å². The fourth-order valence-electron chi connectivity index (χ4n) is 0.603. The highest BCUT2D eigenvalue weighted by Crippen LogP contribution is 1.97. The predicted molar refractivity (Wildman–Crippen MR) is 43.7 cm³/mol. The quantitative estimate of drug-likeness (QED) is 0.530. The van der Waals surface area contributed by atoms with Crippen molar-refractivity contribution >= 4 is 20.8 Å². The lowest BCUT2D eigenvalue weighted by Crippen LogP contribution is -1.99. The molecular weight excluding hydrogens is 129 g/mol. The Bertz CT molecular complexity index is 220. The Balaban J connectivity index is 3.15. The first kappa shape index (κ1) is 6.44. The van der Waals surface area contributed by atoms with Gasteiger partial charge in [0, 0.05) is 6.20 Å². The Hall–Kier alpha value is -0.680. The molecule has 1 rings (SSSR count). The Kier molecular flexibility index (Phi) is 1.96. The predicted octanol–water partition coefficient (Wildman–Crippen LogP) is 1.22. The molecule has 0 aromatic carbocycles. The van der Waals surface area contributed by atoms with Crippen LogP contribution >= 0.6 is 9.24 Å².